The number of rotatable bonds is 4. The zero-order valence-corrected chi connectivity index (χ0v) is 19.5. The topological polar surface area (TPSA) is 89.7 Å². The van der Waals surface area contributed by atoms with Gasteiger partial charge < -0.3 is 19.3 Å². The summed E-state index contributed by atoms with van der Waals surface area (Å²) in [4.78, 5) is 19.6. The number of nitrogens with zero attached hydrogens (tertiary/aromatic N) is 3. The number of ether oxygens (including phenoxy) is 2. The Kier molecular flexibility index (Phi) is 5.18. The van der Waals surface area contributed by atoms with Crippen molar-refractivity contribution in [2.75, 3.05) is 11.7 Å². The van der Waals surface area contributed by atoms with E-state index in [0.29, 0.717) is 39.8 Å². The Morgan fingerprint density at radius 3 is 2.61 bits per heavy atom. The van der Waals surface area contributed by atoms with Crippen LogP contribution in [-0.4, -0.2) is 23.0 Å². The molecule has 1 atom stereocenters. The van der Waals surface area contributed by atoms with Gasteiger partial charge in [-0.15, -0.1) is 0 Å². The van der Waals surface area contributed by atoms with Crippen molar-refractivity contribution in [1.29, 1.82) is 0 Å². The van der Waals surface area contributed by atoms with Gasteiger partial charge in [-0.1, -0.05) is 41.1 Å². The largest absolute Gasteiger partial charge is 0.454 e. The van der Waals surface area contributed by atoms with Crippen molar-refractivity contribution in [2.45, 2.75) is 19.9 Å². The minimum atomic E-state index is -0.630. The van der Waals surface area contributed by atoms with Crippen molar-refractivity contribution < 1.29 is 23.2 Å². The maximum Gasteiger partial charge on any atom is 0.327 e. The van der Waals surface area contributed by atoms with Crippen LogP contribution in [0.3, 0.4) is 0 Å². The molecule has 9 heteroatoms. The quantitative estimate of drug-likeness (QED) is 0.405. The van der Waals surface area contributed by atoms with Gasteiger partial charge in [-0.25, -0.2) is 9.18 Å². The smallest absolute Gasteiger partial charge is 0.327 e. The monoisotopic (exact) mass is 484 g/mol. The summed E-state index contributed by atoms with van der Waals surface area (Å²) >= 11 is 0. The first-order valence-electron chi connectivity index (χ1n) is 11.4. The molecular weight excluding hydrogens is 463 g/mol. The number of allylic oxidation sites excluding steroid dienone is 1. The Balaban J connectivity index is 1.49. The Morgan fingerprint density at radius 1 is 1.00 bits per heavy atom. The summed E-state index contributed by atoms with van der Waals surface area (Å²) in [7, 11) is 0. The van der Waals surface area contributed by atoms with Crippen molar-refractivity contribution in [3.8, 4) is 22.9 Å². The third kappa shape index (κ3) is 3.74. The first kappa shape index (κ1) is 21.8. The van der Waals surface area contributed by atoms with Crippen LogP contribution in [0.25, 0.3) is 17.0 Å². The second-order valence-corrected chi connectivity index (χ2v) is 8.60. The van der Waals surface area contributed by atoms with Crippen LogP contribution in [0.5, 0.6) is 11.5 Å². The SMILES string of the molecule is CC1=C(c2nc(-c3cccc(C)c3)no2)C(c2ccc(F)cc2)NC(=O)N1c1ccc2c(c1)OCO2. The van der Waals surface area contributed by atoms with E-state index in [9.17, 15) is 9.18 Å². The Bertz CT molecular complexity index is 1510. The maximum atomic E-state index is 13.7. The third-order valence-corrected chi connectivity index (χ3v) is 6.24. The molecule has 2 aliphatic heterocycles. The lowest BCUT2D eigenvalue weighted by Gasteiger charge is -2.35. The Labute approximate surface area is 206 Å². The van der Waals surface area contributed by atoms with E-state index in [-0.39, 0.29) is 24.5 Å². The van der Waals surface area contributed by atoms with E-state index in [0.717, 1.165) is 11.1 Å². The molecule has 6 rings (SSSR count). The Morgan fingerprint density at radius 2 is 1.81 bits per heavy atom. The number of nitrogens with one attached hydrogen (secondary N) is 1. The summed E-state index contributed by atoms with van der Waals surface area (Å²) < 4.78 is 30.3. The highest BCUT2D eigenvalue weighted by Crippen LogP contribution is 2.42. The van der Waals surface area contributed by atoms with Gasteiger partial charge in [-0.05, 0) is 49.7 Å². The Hall–Kier alpha value is -4.66. The molecule has 0 aliphatic carbocycles. The van der Waals surface area contributed by atoms with Crippen molar-refractivity contribution in [3.63, 3.8) is 0 Å². The number of anilines is 1. The third-order valence-electron chi connectivity index (χ3n) is 6.24. The number of halogens is 1. The van der Waals surface area contributed by atoms with Crippen LogP contribution in [0.2, 0.25) is 0 Å². The van der Waals surface area contributed by atoms with Crippen molar-refractivity contribution >= 4 is 17.3 Å². The molecule has 4 aromatic rings. The van der Waals surface area contributed by atoms with E-state index in [1.165, 1.54) is 17.0 Å². The molecule has 3 aromatic carbocycles. The van der Waals surface area contributed by atoms with Crippen molar-refractivity contribution in [1.82, 2.24) is 15.5 Å². The highest BCUT2D eigenvalue weighted by Gasteiger charge is 2.37. The van der Waals surface area contributed by atoms with Crippen LogP contribution in [-0.2, 0) is 0 Å². The maximum absolute atomic E-state index is 13.7. The second-order valence-electron chi connectivity index (χ2n) is 8.60. The molecule has 0 radical (unpaired) electrons. The van der Waals surface area contributed by atoms with Gasteiger partial charge in [0.05, 0.1) is 17.3 Å². The molecule has 2 amide bonds. The van der Waals surface area contributed by atoms with Crippen LogP contribution in [0, 0.1) is 12.7 Å². The van der Waals surface area contributed by atoms with Gasteiger partial charge in [0.2, 0.25) is 12.6 Å². The summed E-state index contributed by atoms with van der Waals surface area (Å²) in [5, 5.41) is 7.21. The van der Waals surface area contributed by atoms with Gasteiger partial charge in [-0.3, -0.25) is 4.90 Å². The minimum Gasteiger partial charge on any atom is -0.454 e. The number of hydrogen-bond donors (Lipinski definition) is 1. The van der Waals surface area contributed by atoms with Crippen LogP contribution < -0.4 is 19.7 Å². The number of carbonyl (C=O) groups excluding carboxylic acids is 1. The summed E-state index contributed by atoms with van der Waals surface area (Å²) in [6.07, 6.45) is 0. The van der Waals surface area contributed by atoms with Crippen LogP contribution >= 0.6 is 0 Å². The molecule has 0 fully saturated rings. The summed E-state index contributed by atoms with van der Waals surface area (Å²) in [6.45, 7) is 3.93. The molecule has 1 unspecified atom stereocenters. The molecule has 8 nitrogen and oxygen atoms in total. The van der Waals surface area contributed by atoms with E-state index in [2.05, 4.69) is 15.5 Å². The number of urea groups is 1. The molecule has 0 spiro atoms. The lowest BCUT2D eigenvalue weighted by molar-refractivity contribution is 0.174. The van der Waals surface area contributed by atoms with Crippen molar-refractivity contribution in [3.05, 3.63) is 95.3 Å². The molecule has 0 saturated carbocycles. The number of amides is 2. The molecule has 0 saturated heterocycles. The number of benzene rings is 3. The van der Waals surface area contributed by atoms with Gasteiger partial charge in [-0.2, -0.15) is 4.98 Å². The summed E-state index contributed by atoms with van der Waals surface area (Å²) in [5.74, 6) is 1.48. The van der Waals surface area contributed by atoms with Gasteiger partial charge in [0, 0.05) is 17.3 Å². The fraction of sp³-hybridized carbons (Fsp3) is 0.148. The minimum absolute atomic E-state index is 0.126. The molecular formula is C27H21FN4O4. The predicted molar refractivity (Wildman–Crippen MR) is 130 cm³/mol. The number of fused-ring (bicyclic) bond motifs is 1. The average Bonchev–Trinajstić information content (AvgIpc) is 3.54. The van der Waals surface area contributed by atoms with E-state index < -0.39 is 6.04 Å². The first-order valence-corrected chi connectivity index (χ1v) is 11.4. The van der Waals surface area contributed by atoms with E-state index in [1.54, 1.807) is 30.3 Å². The number of hydrogen-bond acceptors (Lipinski definition) is 6. The molecule has 0 bridgehead atoms. The molecule has 2 aliphatic rings. The second kappa shape index (κ2) is 8.53. The number of aryl methyl sites for hydroxylation is 1. The highest BCUT2D eigenvalue weighted by atomic mass is 19.1. The molecule has 1 N–H and O–H groups in total. The van der Waals surface area contributed by atoms with Crippen LogP contribution in [0.4, 0.5) is 14.9 Å². The normalized spacial score (nSPS) is 16.9. The van der Waals surface area contributed by atoms with Gasteiger partial charge >= 0.3 is 6.03 Å². The lowest BCUT2D eigenvalue weighted by atomic mass is 9.94. The number of carbonyl (C=O) groups is 1. The molecule has 180 valence electrons. The zero-order valence-electron chi connectivity index (χ0n) is 19.5. The average molecular weight is 484 g/mol. The fourth-order valence-corrected chi connectivity index (χ4v) is 4.49. The van der Waals surface area contributed by atoms with Gasteiger partial charge in [0.1, 0.15) is 5.82 Å². The zero-order chi connectivity index (χ0) is 24.8. The van der Waals surface area contributed by atoms with Gasteiger partial charge in [0.25, 0.3) is 5.89 Å². The van der Waals surface area contributed by atoms with Gasteiger partial charge in [0.15, 0.2) is 11.5 Å². The van der Waals surface area contributed by atoms with E-state index >= 15 is 0 Å². The van der Waals surface area contributed by atoms with Crippen molar-refractivity contribution in [2.24, 2.45) is 0 Å². The molecule has 3 heterocycles. The van der Waals surface area contributed by atoms with Crippen LogP contribution in [0.15, 0.2) is 77.0 Å². The summed E-state index contributed by atoms with van der Waals surface area (Å²) in [6, 6.07) is 18.0. The van der Waals surface area contributed by atoms with Crippen LogP contribution in [0.1, 0.15) is 30.0 Å². The van der Waals surface area contributed by atoms with E-state index in [4.69, 9.17) is 14.0 Å². The standard InChI is InChI=1S/C27H21FN4O4/c1-15-4-3-5-18(12-15)25-30-26(36-31-25)23-16(2)32(20-10-11-21-22(13-20)35-14-34-21)27(33)29-24(23)17-6-8-19(28)9-7-17/h3-13,24H,14H2,1-2H3,(H,29,33). The predicted octanol–water partition coefficient (Wildman–Crippen LogP) is 5.61. The summed E-state index contributed by atoms with van der Waals surface area (Å²) in [5.41, 5.74) is 4.34. The molecule has 36 heavy (non-hydrogen) atoms. The number of aromatic nitrogens is 2. The lowest BCUT2D eigenvalue weighted by Crippen LogP contribution is -2.46. The first-order chi connectivity index (χ1) is 17.5. The van der Waals surface area contributed by atoms with E-state index in [1.807, 2.05) is 38.1 Å². The molecule has 1 aromatic heterocycles. The fourth-order valence-electron chi connectivity index (χ4n) is 4.49. The highest BCUT2D eigenvalue weighted by molar-refractivity contribution is 6.01.